The summed E-state index contributed by atoms with van der Waals surface area (Å²) in [6.45, 7) is 20.1. The van der Waals surface area contributed by atoms with Gasteiger partial charge in [0, 0.05) is 16.7 Å². The lowest BCUT2D eigenvalue weighted by atomic mass is 9.77. The molecule has 5 saturated heterocycles. The molecule has 12 aromatic rings. The molecule has 11 heterocycles. The van der Waals surface area contributed by atoms with E-state index in [1.807, 2.05) is 136 Å². The molecule has 5 fully saturated rings. The van der Waals surface area contributed by atoms with E-state index in [0.29, 0.717) is 34.1 Å². The zero-order valence-electron chi connectivity index (χ0n) is 68.7. The Kier molecular flexibility index (Phi) is 22.8. The van der Waals surface area contributed by atoms with Crippen LogP contribution in [0.5, 0.6) is 11.5 Å². The Morgan fingerprint density at radius 2 is 0.864 bits per heavy atom. The molecule has 11 N–H and O–H groups in total. The first kappa shape index (κ1) is 82.5. The maximum atomic E-state index is 11.3. The molecule has 0 bridgehead atoms. The summed E-state index contributed by atoms with van der Waals surface area (Å²) in [5.74, 6) is 1.17. The topological polar surface area (TPSA) is 365 Å². The number of aliphatic hydroxyl groups is 7. The molecule has 0 saturated carbocycles. The van der Waals surface area contributed by atoms with Crippen LogP contribution in [0.25, 0.3) is 22.6 Å². The first-order valence-electron chi connectivity index (χ1n) is 39.6. The third-order valence-corrected chi connectivity index (χ3v) is 23.4. The maximum Gasteiger partial charge on any atom is 1.00 e. The molecule has 28 heteroatoms. The molecule has 0 aliphatic carbocycles. The van der Waals surface area contributed by atoms with Gasteiger partial charge in [0.05, 0.1) is 63.3 Å². The molecule has 618 valence electrons. The van der Waals surface area contributed by atoms with Crippen LogP contribution >= 0.6 is 0 Å². The van der Waals surface area contributed by atoms with Gasteiger partial charge in [-0.3, -0.25) is 0 Å². The number of aliphatic hydroxyl groups excluding tert-OH is 6. The van der Waals surface area contributed by atoms with Gasteiger partial charge in [0.25, 0.3) is 0 Å². The van der Waals surface area contributed by atoms with Gasteiger partial charge >= 0.3 is 1.43 Å². The van der Waals surface area contributed by atoms with Crippen LogP contribution in [-0.2, 0) is 44.2 Å². The normalized spacial score (nSPS) is 25.5. The molecule has 17 rings (SSSR count). The van der Waals surface area contributed by atoms with Crippen molar-refractivity contribution >= 4 is 40.1 Å². The number of hydrogen-bond acceptors (Lipinski definition) is 25. The summed E-state index contributed by atoms with van der Waals surface area (Å²) in [6, 6.07) is 62.7. The van der Waals surface area contributed by atoms with Crippen LogP contribution in [0.3, 0.4) is 0 Å². The second-order valence-corrected chi connectivity index (χ2v) is 31.8. The van der Waals surface area contributed by atoms with Gasteiger partial charge < -0.3 is 94.7 Å². The molecule has 0 radical (unpaired) electrons. The number of rotatable bonds is 23. The summed E-state index contributed by atoms with van der Waals surface area (Å²) < 4.78 is 60.9. The van der Waals surface area contributed by atoms with Crippen LogP contribution < -0.4 is 25.8 Å². The molecule has 2 unspecified atom stereocenters. The number of benzene rings is 6. The van der Waals surface area contributed by atoms with Gasteiger partial charge in [0.15, 0.2) is 29.0 Å². The van der Waals surface area contributed by atoms with Gasteiger partial charge in [0.2, 0.25) is 0 Å². The second kappa shape index (κ2) is 32.6. The van der Waals surface area contributed by atoms with Crippen LogP contribution in [-0.4, -0.2) is 179 Å². The van der Waals surface area contributed by atoms with Gasteiger partial charge in [-0.15, -0.1) is 0 Å². The van der Waals surface area contributed by atoms with Gasteiger partial charge in [-0.2, -0.15) is 15.3 Å². The predicted molar refractivity (Wildman–Crippen MR) is 441 cm³/mol. The summed E-state index contributed by atoms with van der Waals surface area (Å²) >= 11 is 0. The molecular formula is C90H103N12O16+. The Morgan fingerprint density at radius 1 is 0.508 bits per heavy atom. The molecule has 6 aromatic carbocycles. The highest BCUT2D eigenvalue weighted by Gasteiger charge is 2.66. The van der Waals surface area contributed by atoms with E-state index in [1.54, 1.807) is 25.1 Å². The predicted octanol–water partition coefficient (Wildman–Crippen LogP) is 11.5. The molecular weight excluding hydrogens is 1510 g/mol. The Bertz CT molecular complexity index is 5440. The van der Waals surface area contributed by atoms with Gasteiger partial charge in [-0.05, 0) is 137 Å². The van der Waals surface area contributed by atoms with Crippen molar-refractivity contribution in [3.63, 3.8) is 0 Å². The van der Waals surface area contributed by atoms with Crippen molar-refractivity contribution in [2.75, 3.05) is 50.4 Å². The quantitative estimate of drug-likeness (QED) is 0.0266. The summed E-state index contributed by atoms with van der Waals surface area (Å²) in [4.78, 5) is 13.5. The first-order valence-corrected chi connectivity index (χ1v) is 39.6. The minimum absolute atomic E-state index is 0. The van der Waals surface area contributed by atoms with Gasteiger partial charge in [-0.1, -0.05) is 172 Å². The van der Waals surface area contributed by atoms with E-state index < -0.39 is 102 Å². The van der Waals surface area contributed by atoms with E-state index in [0.717, 1.165) is 74.5 Å². The summed E-state index contributed by atoms with van der Waals surface area (Å²) in [7, 11) is 3.32. The Morgan fingerprint density at radius 3 is 1.25 bits per heavy atom. The number of nitrogens with one attached hydrogen (secondary N) is 2. The fourth-order valence-corrected chi connectivity index (χ4v) is 18.0. The molecule has 6 aromatic heterocycles. The maximum absolute atomic E-state index is 11.3. The number of methoxy groups -OCH3 is 2. The number of nitrogen functional groups attached to an aromatic ring is 1. The fourth-order valence-electron chi connectivity index (χ4n) is 18.0. The van der Waals surface area contributed by atoms with Crippen LogP contribution in [0, 0.1) is 0 Å². The first-order chi connectivity index (χ1) is 56.7. The Labute approximate surface area is 684 Å². The van der Waals surface area contributed by atoms with E-state index in [9.17, 15) is 35.7 Å². The van der Waals surface area contributed by atoms with Crippen molar-refractivity contribution < 1.29 is 79.8 Å². The van der Waals surface area contributed by atoms with Crippen LogP contribution in [0.4, 0.5) is 17.5 Å². The molecule has 28 nitrogen and oxygen atoms in total. The van der Waals surface area contributed by atoms with Crippen molar-refractivity contribution in [3.05, 3.63) is 281 Å². The molecule has 118 heavy (non-hydrogen) atoms. The van der Waals surface area contributed by atoms with Crippen LogP contribution in [0.1, 0.15) is 174 Å². The highest BCUT2D eigenvalue weighted by atomic mass is 16.8. The number of fused-ring (bicyclic) bond motifs is 5. The zero-order valence-corrected chi connectivity index (χ0v) is 67.7. The highest BCUT2D eigenvalue weighted by Crippen LogP contribution is 2.57. The van der Waals surface area contributed by atoms with Crippen LogP contribution in [0.2, 0.25) is 0 Å². The minimum Gasteiger partial charge on any atom is -0.497 e. The lowest BCUT2D eigenvalue weighted by molar-refractivity contribution is -0.205. The highest BCUT2D eigenvalue weighted by molar-refractivity contribution is 5.83. The SMILES string of the molecule is C=Cc1cc([C@@H]2O[C@H](CC)[C@H]3OC(C)(C)O[C@]32C)n2ncnc(NC(c3ccccc3)(c3ccccc3)c3ccc(OC)cc3)c12.CC[C@H]1O[C@@H](c2cc(C(O)CO)c3c(NC(c4ccccc4)(c4ccccc4)c4ccc(OC)cc4)ncnn23)[C@]2(C)OC(C)(C)O[C@H]12.C[C@@]1(O)[C@H](O)[C@@H](CO)O[C@H]1c1cc(C(O)CO)c2c(N)ncnn12.[H+]. The second-order valence-electron chi connectivity index (χ2n) is 31.8. The van der Waals surface area contributed by atoms with Crippen molar-refractivity contribution in [2.45, 2.75) is 182 Å². The summed E-state index contributed by atoms with van der Waals surface area (Å²) in [6.07, 6.45) is 0.0147. The van der Waals surface area contributed by atoms with E-state index in [2.05, 4.69) is 139 Å². The third-order valence-electron chi connectivity index (χ3n) is 23.4. The number of ether oxygens (including phenoxy) is 9. The number of nitrogens with zero attached hydrogens (tertiary/aromatic N) is 9. The number of aromatic nitrogens is 9. The fraction of sp³-hybridized carbons (Fsp3) is 0.378. The van der Waals surface area contributed by atoms with E-state index in [1.165, 1.54) is 30.2 Å². The Hall–Kier alpha value is -10.6. The zero-order chi connectivity index (χ0) is 83.4. The van der Waals surface area contributed by atoms with Gasteiger partial charge in [-0.25, -0.2) is 28.5 Å². The Balaban J connectivity index is 0.000000154. The van der Waals surface area contributed by atoms with E-state index in [-0.39, 0.29) is 42.7 Å². The standard InChI is InChI=1S/C38H42N4O6.C38H40N4O4.C14H20N4O6/c1-6-31-34-37(4,48-36(2,3)47-34)33(46-31)29-21-28(30(44)22-43)32-35(39-23-40-42(29)32)41-38(24-13-9-7-10-14-24,25-15-11-8-12-16-25)26-17-19-27(45-5)20-18-26;1-7-25-23-30(33-37(5)34(31(8-2)44-33)45-36(3,4)46-37)42-32(25)35(39-24-40-42)41-38(26-15-11-9-12-16-26,27-17-13-10-14-18-27)28-19-21-29(43-6)22-20-28;1-14(23)11(22)9(4-20)24-12(14)7-2-6(8(21)3-19)10-13(15)16-5-17-18(7)10/h7-21,23,30-31,33-34,43-44H,6,22H2,1-5H3,(H,39,40,41);7,9-24,31,33-34H,1,8H2,2-6H3,(H,39,40,41);2,5,8-9,11-12,19-23H,3-4H2,1H3,(H2,15,16,17)/p+1/t30?,31-,33+,34-,37+;31-,33+,34-,37+;8?,9-,11-,12+,14-/m111/s1. The smallest absolute Gasteiger partial charge is 0.497 e. The van der Waals surface area contributed by atoms with E-state index >= 15 is 0 Å². The molecule has 5 aliphatic rings. The van der Waals surface area contributed by atoms with E-state index in [4.69, 9.17) is 68.5 Å². The molecule has 5 aliphatic heterocycles. The lowest BCUT2D eigenvalue weighted by Gasteiger charge is -2.37. The monoisotopic (exact) mass is 1610 g/mol. The van der Waals surface area contributed by atoms with Crippen molar-refractivity contribution in [3.8, 4) is 11.5 Å². The average Bonchev–Trinajstić information content (AvgIpc) is 1.56. The number of hydrogen-bond donors (Lipinski definition) is 10. The van der Waals surface area contributed by atoms with Crippen molar-refractivity contribution in [1.29, 1.82) is 0 Å². The third kappa shape index (κ3) is 14.3. The molecule has 14 atom stereocenters. The van der Waals surface area contributed by atoms with Crippen molar-refractivity contribution in [1.82, 2.24) is 43.8 Å². The van der Waals surface area contributed by atoms with Crippen molar-refractivity contribution in [2.24, 2.45) is 0 Å². The number of anilines is 3. The van der Waals surface area contributed by atoms with Gasteiger partial charge in [0.1, 0.15) is 130 Å². The summed E-state index contributed by atoms with van der Waals surface area (Å²) in [5.41, 5.74) is 11.8. The minimum atomic E-state index is -1.71. The average molecular weight is 1610 g/mol. The largest absolute Gasteiger partial charge is 1.00 e. The lowest BCUT2D eigenvalue weighted by Crippen LogP contribution is -2.43. The number of nitrogens with two attached hydrogens (primary N) is 1. The molecule has 0 spiro atoms. The molecule has 0 amide bonds. The summed E-state index contributed by atoms with van der Waals surface area (Å²) in [5, 5.41) is 92.2. The van der Waals surface area contributed by atoms with Crippen LogP contribution in [0.15, 0.2) is 214 Å².